The minimum absolute atomic E-state index is 0.340. The molecule has 0 spiro atoms. The van der Waals surface area contributed by atoms with E-state index in [1.165, 1.54) is 56.3 Å². The predicted molar refractivity (Wildman–Crippen MR) is 146 cm³/mol. The zero-order valence-electron chi connectivity index (χ0n) is 21.1. The van der Waals surface area contributed by atoms with Crippen LogP contribution in [0.1, 0.15) is 74.3 Å². The number of hydrogen-bond donors (Lipinski definition) is 3. The number of rotatable bonds is 7. The van der Waals surface area contributed by atoms with E-state index in [0.717, 1.165) is 54.2 Å². The molecule has 36 heavy (non-hydrogen) atoms. The van der Waals surface area contributed by atoms with Crippen molar-refractivity contribution in [1.29, 1.82) is 0 Å². The number of aromatic nitrogens is 2. The van der Waals surface area contributed by atoms with Gasteiger partial charge in [-0.15, -0.1) is 0 Å². The average molecular weight is 509 g/mol. The molecule has 6 rings (SSSR count). The lowest BCUT2D eigenvalue weighted by Gasteiger charge is -2.54. The number of hydrogen-bond acceptors (Lipinski definition) is 6. The molecule has 0 atom stereocenters. The van der Waals surface area contributed by atoms with E-state index in [-0.39, 0.29) is 5.79 Å². The van der Waals surface area contributed by atoms with Crippen LogP contribution in [0.25, 0.3) is 0 Å². The maximum atomic E-state index is 6.61. The van der Waals surface area contributed by atoms with Gasteiger partial charge in [0.1, 0.15) is 12.1 Å². The highest BCUT2D eigenvalue weighted by atomic mass is 35.5. The van der Waals surface area contributed by atoms with Gasteiger partial charge in [0.05, 0.1) is 25.1 Å². The smallest absolute Gasteiger partial charge is 0.257 e. The zero-order chi connectivity index (χ0) is 24.6. The fourth-order valence-electron chi connectivity index (χ4n) is 7.01. The Morgan fingerprint density at radius 1 is 0.944 bits per heavy atom. The van der Waals surface area contributed by atoms with Gasteiger partial charge in [-0.1, -0.05) is 30.2 Å². The lowest BCUT2D eigenvalue weighted by atomic mass is 9.79. The van der Waals surface area contributed by atoms with Crippen molar-refractivity contribution < 1.29 is 0 Å². The van der Waals surface area contributed by atoms with E-state index in [1.807, 2.05) is 12.1 Å². The number of halogens is 1. The Labute approximate surface area is 219 Å². The molecule has 1 aliphatic carbocycles. The van der Waals surface area contributed by atoms with Crippen molar-refractivity contribution in [3.63, 3.8) is 0 Å². The summed E-state index contributed by atoms with van der Waals surface area (Å²) in [6, 6.07) is 8.45. The molecule has 8 heteroatoms. The lowest BCUT2D eigenvalue weighted by Crippen LogP contribution is -2.78. The summed E-state index contributed by atoms with van der Waals surface area (Å²) in [7, 11) is 0. The minimum Gasteiger partial charge on any atom is -0.383 e. The van der Waals surface area contributed by atoms with Crippen LogP contribution in [0.2, 0.25) is 5.02 Å². The third-order valence-electron chi connectivity index (χ3n) is 9.32. The van der Waals surface area contributed by atoms with E-state index >= 15 is 0 Å². The van der Waals surface area contributed by atoms with Crippen LogP contribution in [0, 0.1) is 0 Å². The fourth-order valence-corrected chi connectivity index (χ4v) is 7.14. The summed E-state index contributed by atoms with van der Waals surface area (Å²) >= 11 is 6.19. The van der Waals surface area contributed by atoms with Crippen LogP contribution in [0.5, 0.6) is 0 Å². The number of quaternary nitrogens is 1. The first-order valence-corrected chi connectivity index (χ1v) is 14.1. The summed E-state index contributed by atoms with van der Waals surface area (Å²) < 4.78 is 0.760. The molecule has 0 radical (unpaired) electrons. The maximum Gasteiger partial charge on any atom is 0.257 e. The summed E-state index contributed by atoms with van der Waals surface area (Å²) in [5.41, 5.74) is 9.19. The van der Waals surface area contributed by atoms with E-state index in [2.05, 4.69) is 45.1 Å². The standard InChI is InChI=1S/C28H39ClN7/c29-24-8-6-21(7-9-24)22-10-18-36(19-11-22,27-25(23-4-3-5-23)26(30)31-20-32-27)28(33-13-14-34-28)12-17-35-15-1-2-16-35/h6-9,13-14,20,22-23,33-34H,1-5,10-12,15-19H2,(H2,30,31,32)/q+1. The van der Waals surface area contributed by atoms with Crippen molar-refractivity contribution in [2.45, 2.75) is 69.0 Å². The molecule has 3 aliphatic heterocycles. The number of nitrogens with two attached hydrogens (primary N) is 1. The first-order chi connectivity index (χ1) is 17.6. The van der Waals surface area contributed by atoms with Crippen LogP contribution in [-0.4, -0.2) is 53.4 Å². The van der Waals surface area contributed by atoms with Crippen LogP contribution < -0.4 is 20.9 Å². The molecule has 4 heterocycles. The fraction of sp³-hybridized carbons (Fsp3) is 0.571. The molecule has 0 amide bonds. The third-order valence-corrected chi connectivity index (χ3v) is 9.57. The van der Waals surface area contributed by atoms with Crippen molar-refractivity contribution in [1.82, 2.24) is 30.0 Å². The molecule has 0 unspecified atom stereocenters. The van der Waals surface area contributed by atoms with Gasteiger partial charge in [0.2, 0.25) is 5.82 Å². The molecule has 2 saturated heterocycles. The Bertz CT molecular complexity index is 1080. The van der Waals surface area contributed by atoms with Crippen LogP contribution in [0.15, 0.2) is 43.0 Å². The van der Waals surface area contributed by atoms with E-state index in [9.17, 15) is 0 Å². The molecule has 192 valence electrons. The first-order valence-electron chi connectivity index (χ1n) is 13.8. The van der Waals surface area contributed by atoms with Gasteiger partial charge >= 0.3 is 0 Å². The number of anilines is 1. The summed E-state index contributed by atoms with van der Waals surface area (Å²) in [6.07, 6.45) is 15.3. The Morgan fingerprint density at radius 2 is 1.64 bits per heavy atom. The molecule has 7 nitrogen and oxygen atoms in total. The van der Waals surface area contributed by atoms with Gasteiger partial charge in [-0.2, -0.15) is 4.98 Å². The highest BCUT2D eigenvalue weighted by Gasteiger charge is 2.57. The summed E-state index contributed by atoms with van der Waals surface area (Å²) in [5.74, 6) is 2.45. The summed E-state index contributed by atoms with van der Waals surface area (Å²) in [5, 5.41) is 8.44. The van der Waals surface area contributed by atoms with Gasteiger partial charge in [-0.05, 0) is 68.3 Å². The van der Waals surface area contributed by atoms with Crippen LogP contribution in [0.3, 0.4) is 0 Å². The van der Waals surface area contributed by atoms with Gasteiger partial charge in [0, 0.05) is 36.8 Å². The van der Waals surface area contributed by atoms with Crippen LogP contribution in [-0.2, 0) is 0 Å². The average Bonchev–Trinajstić information content (AvgIpc) is 3.57. The first kappa shape index (κ1) is 24.0. The molecule has 0 bridgehead atoms. The molecule has 2 aromatic rings. The number of nitrogens with one attached hydrogen (secondary N) is 2. The normalized spacial score (nSPS) is 28.0. The van der Waals surface area contributed by atoms with Crippen molar-refractivity contribution >= 4 is 23.2 Å². The second kappa shape index (κ2) is 9.84. The number of nitrogens with zero attached hydrogens (tertiary/aromatic N) is 4. The van der Waals surface area contributed by atoms with E-state index in [1.54, 1.807) is 6.33 Å². The second-order valence-electron chi connectivity index (χ2n) is 11.1. The molecular weight excluding hydrogens is 470 g/mol. The maximum absolute atomic E-state index is 6.61. The Balaban J connectivity index is 1.38. The van der Waals surface area contributed by atoms with E-state index in [4.69, 9.17) is 22.3 Å². The predicted octanol–water partition coefficient (Wildman–Crippen LogP) is 4.67. The highest BCUT2D eigenvalue weighted by Crippen LogP contribution is 2.48. The second-order valence-corrected chi connectivity index (χ2v) is 11.6. The molecule has 4 N–H and O–H groups in total. The van der Waals surface area contributed by atoms with Crippen LogP contribution in [0.4, 0.5) is 11.6 Å². The summed E-state index contributed by atoms with van der Waals surface area (Å²) in [6.45, 7) is 5.46. The molecule has 3 fully saturated rings. The number of benzene rings is 1. The van der Waals surface area contributed by atoms with Gasteiger partial charge in [0.15, 0.2) is 0 Å². The topological polar surface area (TPSA) is 79.1 Å². The van der Waals surface area contributed by atoms with E-state index in [0.29, 0.717) is 17.7 Å². The number of nitrogen functional groups attached to an aromatic ring is 1. The minimum atomic E-state index is -0.340. The molecule has 1 saturated carbocycles. The SMILES string of the molecule is Nc1ncnc([N+]2(C3(CCN4CCCC4)NC=CN3)CCC(c3ccc(Cl)cc3)CC2)c1C1CCC1. The van der Waals surface area contributed by atoms with Crippen molar-refractivity contribution in [3.8, 4) is 0 Å². The van der Waals surface area contributed by atoms with Crippen molar-refractivity contribution in [3.05, 3.63) is 59.1 Å². The van der Waals surface area contributed by atoms with E-state index < -0.39 is 0 Å². The highest BCUT2D eigenvalue weighted by molar-refractivity contribution is 6.30. The van der Waals surface area contributed by atoms with Gasteiger partial charge < -0.3 is 21.3 Å². The summed E-state index contributed by atoms with van der Waals surface area (Å²) in [4.78, 5) is 12.1. The zero-order valence-corrected chi connectivity index (χ0v) is 21.9. The van der Waals surface area contributed by atoms with Gasteiger partial charge in [0.25, 0.3) is 5.79 Å². The Hall–Kier alpha value is -2.35. The molecule has 4 aliphatic rings. The number of likely N-dealkylation sites (tertiary alicyclic amines) is 2. The molecule has 1 aromatic heterocycles. The Morgan fingerprint density at radius 3 is 2.28 bits per heavy atom. The largest absolute Gasteiger partial charge is 0.383 e. The lowest BCUT2D eigenvalue weighted by molar-refractivity contribution is 0.0206. The Kier molecular flexibility index (Phi) is 6.56. The van der Waals surface area contributed by atoms with Crippen molar-refractivity contribution in [2.24, 2.45) is 0 Å². The molecule has 1 aromatic carbocycles. The number of piperidine rings is 1. The van der Waals surface area contributed by atoms with Gasteiger partial charge in [-0.25, -0.2) is 9.47 Å². The quantitative estimate of drug-likeness (QED) is 0.472. The third kappa shape index (κ3) is 4.15. The van der Waals surface area contributed by atoms with Gasteiger partial charge in [-0.3, -0.25) is 0 Å². The van der Waals surface area contributed by atoms with Crippen LogP contribution >= 0.6 is 11.6 Å². The molecular formula is C28H39ClN7+. The monoisotopic (exact) mass is 508 g/mol. The van der Waals surface area contributed by atoms with Crippen molar-refractivity contribution in [2.75, 3.05) is 38.5 Å².